The predicted molar refractivity (Wildman–Crippen MR) is 76.6 cm³/mol. The van der Waals surface area contributed by atoms with Gasteiger partial charge >= 0.3 is 5.97 Å². The number of carboxylic acid groups (broad SMARTS) is 1. The first-order valence-electron chi connectivity index (χ1n) is 6.17. The van der Waals surface area contributed by atoms with Gasteiger partial charge in [0.15, 0.2) is 0 Å². The summed E-state index contributed by atoms with van der Waals surface area (Å²) in [6.07, 6.45) is 3.63. The van der Waals surface area contributed by atoms with Crippen LogP contribution in [0.1, 0.15) is 11.1 Å². The van der Waals surface area contributed by atoms with Gasteiger partial charge in [0, 0.05) is 29.6 Å². The van der Waals surface area contributed by atoms with E-state index < -0.39 is 22.0 Å². The van der Waals surface area contributed by atoms with E-state index in [1.54, 1.807) is 24.1 Å². The van der Waals surface area contributed by atoms with Gasteiger partial charge in [0.2, 0.25) is 0 Å². The van der Waals surface area contributed by atoms with E-state index in [2.05, 4.69) is 5.10 Å². The molecule has 2 rings (SSSR count). The minimum atomic E-state index is -1.48. The van der Waals surface area contributed by atoms with Gasteiger partial charge in [-0.15, -0.1) is 0 Å². The zero-order chi connectivity index (χ0) is 14.5. The molecule has 106 valence electrons. The molecule has 1 aromatic carbocycles. The Morgan fingerprint density at radius 1 is 1.35 bits per heavy atom. The minimum Gasteiger partial charge on any atom is -0.480 e. The maximum absolute atomic E-state index is 12.3. The number of aliphatic carboxylic acids is 1. The molecule has 2 unspecified atom stereocenters. The summed E-state index contributed by atoms with van der Waals surface area (Å²) in [4.78, 5) is 11.3. The standard InChI is InChI=1S/C14H16N2O3S/c1-16-9-12(8-15-16)10-20(19)13(14(17)18)7-11-5-3-2-4-6-11/h2-6,8-9,13H,7,10H2,1H3,(H,17,18). The molecule has 0 bridgehead atoms. The summed E-state index contributed by atoms with van der Waals surface area (Å²) in [6, 6.07) is 9.25. The van der Waals surface area contributed by atoms with Gasteiger partial charge in [0.05, 0.1) is 11.9 Å². The highest BCUT2D eigenvalue weighted by Crippen LogP contribution is 2.12. The zero-order valence-corrected chi connectivity index (χ0v) is 11.9. The Hall–Kier alpha value is -1.95. The lowest BCUT2D eigenvalue weighted by Crippen LogP contribution is -2.28. The van der Waals surface area contributed by atoms with Crippen LogP contribution < -0.4 is 0 Å². The molecule has 0 saturated carbocycles. The summed E-state index contributed by atoms with van der Waals surface area (Å²) in [7, 11) is 0.290. The zero-order valence-electron chi connectivity index (χ0n) is 11.1. The highest BCUT2D eigenvalue weighted by atomic mass is 32.2. The molecule has 0 radical (unpaired) electrons. The Morgan fingerprint density at radius 2 is 2.05 bits per heavy atom. The van der Waals surface area contributed by atoms with Gasteiger partial charge in [0.25, 0.3) is 0 Å². The molecule has 1 N–H and O–H groups in total. The maximum atomic E-state index is 12.3. The van der Waals surface area contributed by atoms with Gasteiger partial charge in [-0.05, 0) is 12.0 Å². The van der Waals surface area contributed by atoms with Crippen LogP contribution in [0.5, 0.6) is 0 Å². The summed E-state index contributed by atoms with van der Waals surface area (Å²) in [6.45, 7) is 0. The third kappa shape index (κ3) is 3.77. The van der Waals surface area contributed by atoms with Crippen molar-refractivity contribution < 1.29 is 14.1 Å². The lowest BCUT2D eigenvalue weighted by Gasteiger charge is -2.11. The van der Waals surface area contributed by atoms with Crippen LogP contribution in [0.25, 0.3) is 0 Å². The van der Waals surface area contributed by atoms with Gasteiger partial charge in [0.1, 0.15) is 5.25 Å². The Labute approximate surface area is 119 Å². The van der Waals surface area contributed by atoms with E-state index in [1.807, 2.05) is 30.3 Å². The summed E-state index contributed by atoms with van der Waals surface area (Å²) in [5.74, 6) is -0.825. The molecule has 20 heavy (non-hydrogen) atoms. The molecule has 0 spiro atoms. The fourth-order valence-corrected chi connectivity index (χ4v) is 3.21. The first-order valence-corrected chi connectivity index (χ1v) is 7.56. The van der Waals surface area contributed by atoms with Crippen molar-refractivity contribution in [2.75, 3.05) is 0 Å². The SMILES string of the molecule is Cn1cc(CS(=O)C(Cc2ccccc2)C(=O)O)cn1. The summed E-state index contributed by atoms with van der Waals surface area (Å²) < 4.78 is 13.9. The van der Waals surface area contributed by atoms with E-state index in [4.69, 9.17) is 0 Å². The Kier molecular flexibility index (Phi) is 4.68. The summed E-state index contributed by atoms with van der Waals surface area (Å²) in [5, 5.41) is 12.4. The van der Waals surface area contributed by atoms with Crippen molar-refractivity contribution in [3.8, 4) is 0 Å². The molecule has 0 aliphatic carbocycles. The average Bonchev–Trinajstić information content (AvgIpc) is 2.82. The molecule has 0 aliphatic heterocycles. The molecule has 2 atom stereocenters. The Morgan fingerprint density at radius 3 is 2.60 bits per heavy atom. The predicted octanol–water partition coefficient (Wildman–Crippen LogP) is 1.36. The Bertz CT molecular complexity index is 610. The highest BCUT2D eigenvalue weighted by Gasteiger charge is 2.25. The minimum absolute atomic E-state index is 0.206. The van der Waals surface area contributed by atoms with Crippen LogP contribution in [0.2, 0.25) is 0 Å². The molecule has 0 fully saturated rings. The number of carbonyl (C=O) groups is 1. The van der Waals surface area contributed by atoms with Crippen molar-refractivity contribution in [2.24, 2.45) is 7.05 Å². The third-order valence-corrected chi connectivity index (χ3v) is 4.54. The Balaban J connectivity index is 2.08. The van der Waals surface area contributed by atoms with Crippen LogP contribution in [0.15, 0.2) is 42.7 Å². The fourth-order valence-electron chi connectivity index (χ4n) is 1.93. The quantitative estimate of drug-likeness (QED) is 0.872. The first kappa shape index (κ1) is 14.5. The lowest BCUT2D eigenvalue weighted by molar-refractivity contribution is -0.136. The van der Waals surface area contributed by atoms with Crippen LogP contribution in [0.3, 0.4) is 0 Å². The van der Waals surface area contributed by atoms with Gasteiger partial charge in [-0.25, -0.2) is 0 Å². The van der Waals surface area contributed by atoms with E-state index in [9.17, 15) is 14.1 Å². The lowest BCUT2D eigenvalue weighted by atomic mass is 10.1. The average molecular weight is 292 g/mol. The van der Waals surface area contributed by atoms with Gasteiger partial charge in [-0.1, -0.05) is 30.3 Å². The van der Waals surface area contributed by atoms with E-state index in [0.29, 0.717) is 0 Å². The molecule has 6 heteroatoms. The van der Waals surface area contributed by atoms with E-state index >= 15 is 0 Å². The number of aryl methyl sites for hydroxylation is 1. The van der Waals surface area contributed by atoms with Crippen LogP contribution >= 0.6 is 0 Å². The van der Waals surface area contributed by atoms with E-state index in [0.717, 1.165) is 11.1 Å². The van der Waals surface area contributed by atoms with E-state index in [1.165, 1.54) is 0 Å². The molecule has 0 amide bonds. The second-order valence-electron chi connectivity index (χ2n) is 4.56. The van der Waals surface area contributed by atoms with Crippen molar-refractivity contribution in [3.63, 3.8) is 0 Å². The number of nitrogens with zero attached hydrogens (tertiary/aromatic N) is 2. The van der Waals surface area contributed by atoms with Crippen molar-refractivity contribution in [2.45, 2.75) is 17.4 Å². The largest absolute Gasteiger partial charge is 0.480 e. The topological polar surface area (TPSA) is 72.2 Å². The number of hydrogen-bond acceptors (Lipinski definition) is 3. The second-order valence-corrected chi connectivity index (χ2v) is 6.18. The highest BCUT2D eigenvalue weighted by molar-refractivity contribution is 7.85. The number of aromatic nitrogens is 2. The number of rotatable bonds is 6. The molecular formula is C14H16N2O3S. The van der Waals surface area contributed by atoms with Crippen molar-refractivity contribution >= 4 is 16.8 Å². The van der Waals surface area contributed by atoms with Crippen molar-refractivity contribution in [3.05, 3.63) is 53.9 Å². The second kappa shape index (κ2) is 6.47. The molecular weight excluding hydrogens is 276 g/mol. The molecule has 5 nitrogen and oxygen atoms in total. The van der Waals surface area contributed by atoms with Crippen molar-refractivity contribution in [1.82, 2.24) is 9.78 Å². The molecule has 1 heterocycles. The first-order chi connectivity index (χ1) is 9.56. The van der Waals surface area contributed by atoms with Crippen molar-refractivity contribution in [1.29, 1.82) is 0 Å². The maximum Gasteiger partial charge on any atom is 0.319 e. The summed E-state index contributed by atoms with van der Waals surface area (Å²) in [5.41, 5.74) is 1.66. The molecule has 1 aromatic heterocycles. The molecule has 0 aliphatic rings. The summed E-state index contributed by atoms with van der Waals surface area (Å²) >= 11 is 0. The number of benzene rings is 1. The van der Waals surface area contributed by atoms with Crippen LogP contribution in [-0.2, 0) is 34.8 Å². The molecule has 2 aromatic rings. The normalized spacial score (nSPS) is 13.8. The smallest absolute Gasteiger partial charge is 0.319 e. The van der Waals surface area contributed by atoms with Crippen LogP contribution in [0.4, 0.5) is 0 Å². The monoisotopic (exact) mass is 292 g/mol. The number of carboxylic acids is 1. The molecule has 0 saturated heterocycles. The van der Waals surface area contributed by atoms with Crippen LogP contribution in [0, 0.1) is 0 Å². The van der Waals surface area contributed by atoms with Gasteiger partial charge in [-0.3, -0.25) is 13.7 Å². The number of hydrogen-bond donors (Lipinski definition) is 1. The fraction of sp³-hybridized carbons (Fsp3) is 0.286. The van der Waals surface area contributed by atoms with Crippen LogP contribution in [-0.4, -0.2) is 30.3 Å². The van der Waals surface area contributed by atoms with Gasteiger partial charge < -0.3 is 5.11 Å². The third-order valence-electron chi connectivity index (χ3n) is 2.92. The van der Waals surface area contributed by atoms with E-state index in [-0.39, 0.29) is 12.2 Å². The van der Waals surface area contributed by atoms with Gasteiger partial charge in [-0.2, -0.15) is 5.10 Å².